The first-order chi connectivity index (χ1) is 21.8. The summed E-state index contributed by atoms with van der Waals surface area (Å²) in [7, 11) is 0. The van der Waals surface area contributed by atoms with Gasteiger partial charge in [-0.3, -0.25) is 28.8 Å². The molecule has 264 valence electrons. The van der Waals surface area contributed by atoms with Gasteiger partial charge >= 0.3 is 5.97 Å². The topological polar surface area (TPSA) is 328 Å². The van der Waals surface area contributed by atoms with Crippen LogP contribution >= 0.6 is 0 Å². The third-order valence-corrected chi connectivity index (χ3v) is 6.96. The molecule has 1 rings (SSSR count). The zero-order chi connectivity index (χ0) is 36.2. The van der Waals surface area contributed by atoms with E-state index in [2.05, 4.69) is 31.7 Å². The van der Waals surface area contributed by atoms with Crippen LogP contribution in [0.25, 0.3) is 0 Å². The van der Waals surface area contributed by atoms with E-state index >= 15 is 0 Å². The minimum atomic E-state index is -2.06. The Morgan fingerprint density at radius 1 is 0.936 bits per heavy atom. The molecule has 0 aromatic heterocycles. The van der Waals surface area contributed by atoms with Crippen molar-refractivity contribution in [2.75, 3.05) is 19.8 Å². The van der Waals surface area contributed by atoms with Gasteiger partial charge in [-0.05, 0) is 53.0 Å². The minimum absolute atomic E-state index is 0.0712. The first-order valence-corrected chi connectivity index (χ1v) is 14.5. The van der Waals surface area contributed by atoms with Crippen LogP contribution in [0, 0.1) is 0 Å². The van der Waals surface area contributed by atoms with Crippen LogP contribution in [0.3, 0.4) is 0 Å². The maximum atomic E-state index is 13.5. The summed E-state index contributed by atoms with van der Waals surface area (Å²) < 4.78 is 0. The van der Waals surface area contributed by atoms with Gasteiger partial charge in [-0.1, -0.05) is 0 Å². The van der Waals surface area contributed by atoms with Gasteiger partial charge in [-0.15, -0.1) is 0 Å². The van der Waals surface area contributed by atoms with Crippen molar-refractivity contribution in [3.05, 3.63) is 11.3 Å². The molecule has 0 spiro atoms. The molecule has 0 aliphatic carbocycles. The molecule has 1 aliphatic rings. The van der Waals surface area contributed by atoms with Gasteiger partial charge in [0.15, 0.2) is 6.04 Å². The molecule has 1 aliphatic heterocycles. The number of nitrogens with zero attached hydrogens (tertiary/aromatic N) is 2. The standard InChI is InChI=1S/C27H45N9O11/c1-12(2)18(23(43)33-16(9-37)25(45)46)34-20(40)14(4)31-22(42)17-7-6-8-30-36(17)24(44)19(13(3)28)35-21(41)15(5)32-26(47)27(29,10-38)11-39/h8,13-17,19,37-39H,6-7,9-11,28-29H2,1-5H3,(H,31,42)(H,32,47)(H,33,43)(H,34,40)(H,35,41)(H,45,46). The average Bonchev–Trinajstić information content (AvgIpc) is 3.02. The Balaban J connectivity index is 3.04. The van der Waals surface area contributed by atoms with Crippen molar-refractivity contribution in [3.63, 3.8) is 0 Å². The van der Waals surface area contributed by atoms with Crippen LogP contribution in [-0.4, -0.2) is 135 Å². The third-order valence-electron chi connectivity index (χ3n) is 6.96. The second kappa shape index (κ2) is 18.0. The van der Waals surface area contributed by atoms with Crippen LogP contribution in [0.5, 0.6) is 0 Å². The molecule has 20 nitrogen and oxygen atoms in total. The summed E-state index contributed by atoms with van der Waals surface area (Å²) in [5.74, 6) is -6.96. The van der Waals surface area contributed by atoms with Gasteiger partial charge in [0.2, 0.25) is 23.6 Å². The minimum Gasteiger partial charge on any atom is -0.480 e. The lowest BCUT2D eigenvalue weighted by Crippen LogP contribution is -2.64. The first-order valence-electron chi connectivity index (χ1n) is 14.5. The SMILES string of the molecule is CC(C)=C(NC(=O)C(C)NC(=O)C1CCC=NN1C(=O)C(NC(=O)C(C)NC(=O)C(N)(CO)CO)C(C)N)C(=O)NC(CO)C(=O)O. The van der Waals surface area contributed by atoms with Crippen molar-refractivity contribution in [2.45, 2.75) is 89.3 Å². The summed E-state index contributed by atoms with van der Waals surface area (Å²) in [5, 5.41) is 53.1. The molecule has 0 saturated heterocycles. The molecule has 47 heavy (non-hydrogen) atoms. The molecule has 6 atom stereocenters. The number of carbonyl (C=O) groups is 7. The van der Waals surface area contributed by atoms with Gasteiger partial charge < -0.3 is 58.5 Å². The molecule has 13 N–H and O–H groups in total. The molecule has 6 unspecified atom stereocenters. The second-order valence-corrected chi connectivity index (χ2v) is 11.2. The van der Waals surface area contributed by atoms with Gasteiger partial charge in [0.25, 0.3) is 11.8 Å². The molecule has 0 aromatic carbocycles. The van der Waals surface area contributed by atoms with E-state index in [1.165, 1.54) is 40.8 Å². The summed E-state index contributed by atoms with van der Waals surface area (Å²) in [6.45, 7) is 4.17. The van der Waals surface area contributed by atoms with E-state index < -0.39 is 103 Å². The Bertz CT molecular complexity index is 1260. The first kappa shape index (κ1) is 40.5. The van der Waals surface area contributed by atoms with E-state index in [4.69, 9.17) is 16.6 Å². The van der Waals surface area contributed by atoms with Gasteiger partial charge in [0.1, 0.15) is 35.4 Å². The summed E-state index contributed by atoms with van der Waals surface area (Å²) in [6.07, 6.45) is 1.71. The number of carboxylic acid groups (broad SMARTS) is 1. The normalized spacial score (nSPS) is 17.6. The highest BCUT2D eigenvalue weighted by atomic mass is 16.4. The molecule has 6 amide bonds. The van der Waals surface area contributed by atoms with Crippen LogP contribution in [0.1, 0.15) is 47.5 Å². The lowest BCUT2D eigenvalue weighted by molar-refractivity contribution is -0.145. The van der Waals surface area contributed by atoms with Crippen LogP contribution < -0.4 is 38.1 Å². The highest BCUT2D eigenvalue weighted by Gasteiger charge is 2.40. The highest BCUT2D eigenvalue weighted by molar-refractivity contribution is 6.01. The highest BCUT2D eigenvalue weighted by Crippen LogP contribution is 2.16. The number of hydrogen-bond acceptors (Lipinski definition) is 13. The number of nitrogens with two attached hydrogens (primary N) is 2. The number of rotatable bonds is 16. The number of aliphatic hydroxyl groups is 3. The van der Waals surface area contributed by atoms with Crippen LogP contribution in [-0.2, 0) is 33.6 Å². The molecule has 0 fully saturated rings. The van der Waals surface area contributed by atoms with Crippen LogP contribution in [0.4, 0.5) is 0 Å². The van der Waals surface area contributed by atoms with E-state index in [-0.39, 0.29) is 24.1 Å². The fourth-order valence-electron chi connectivity index (χ4n) is 3.90. The van der Waals surface area contributed by atoms with Gasteiger partial charge in [0.05, 0.1) is 19.8 Å². The van der Waals surface area contributed by atoms with E-state index in [0.717, 1.165) is 5.01 Å². The van der Waals surface area contributed by atoms with Crippen molar-refractivity contribution in [3.8, 4) is 0 Å². The van der Waals surface area contributed by atoms with E-state index in [0.29, 0.717) is 0 Å². The summed E-state index contributed by atoms with van der Waals surface area (Å²) in [5.41, 5.74) is 9.51. The van der Waals surface area contributed by atoms with E-state index in [1.807, 2.05) is 0 Å². The Hall–Kier alpha value is -4.50. The molecule has 1 heterocycles. The smallest absolute Gasteiger partial charge is 0.328 e. The van der Waals surface area contributed by atoms with Gasteiger partial charge in [-0.2, -0.15) is 5.10 Å². The Morgan fingerprint density at radius 3 is 2.00 bits per heavy atom. The molecular weight excluding hydrogens is 626 g/mol. The number of nitrogens with one attached hydrogen (secondary N) is 5. The van der Waals surface area contributed by atoms with Gasteiger partial charge in [-0.25, -0.2) is 9.80 Å². The lowest BCUT2D eigenvalue weighted by Gasteiger charge is -2.34. The maximum Gasteiger partial charge on any atom is 0.328 e. The Labute approximate surface area is 270 Å². The zero-order valence-electron chi connectivity index (χ0n) is 26.8. The third kappa shape index (κ3) is 11.1. The monoisotopic (exact) mass is 671 g/mol. The molecule has 0 radical (unpaired) electrons. The number of amides is 6. The molecule has 0 bridgehead atoms. The van der Waals surface area contributed by atoms with Crippen molar-refractivity contribution in [1.29, 1.82) is 0 Å². The number of carboxylic acids is 1. The van der Waals surface area contributed by atoms with Crippen molar-refractivity contribution in [1.82, 2.24) is 31.6 Å². The second-order valence-electron chi connectivity index (χ2n) is 11.2. The van der Waals surface area contributed by atoms with E-state index in [9.17, 15) is 48.9 Å². The number of hydrazone groups is 1. The molecular formula is C27H45N9O11. The zero-order valence-corrected chi connectivity index (χ0v) is 26.8. The maximum absolute atomic E-state index is 13.5. The quantitative estimate of drug-likeness (QED) is 0.0683. The van der Waals surface area contributed by atoms with Crippen molar-refractivity contribution >= 4 is 47.6 Å². The number of hydrogen-bond donors (Lipinski definition) is 11. The predicted molar refractivity (Wildman–Crippen MR) is 163 cm³/mol. The molecule has 0 aromatic rings. The van der Waals surface area contributed by atoms with Crippen LogP contribution in [0.15, 0.2) is 16.4 Å². The Kier molecular flexibility index (Phi) is 15.5. The van der Waals surface area contributed by atoms with E-state index in [1.54, 1.807) is 0 Å². The molecule has 0 saturated carbocycles. The fourth-order valence-corrected chi connectivity index (χ4v) is 3.90. The number of aliphatic carboxylic acids is 1. The number of aliphatic hydroxyl groups excluding tert-OH is 3. The summed E-state index contributed by atoms with van der Waals surface area (Å²) in [6, 6.07) is -7.93. The van der Waals surface area contributed by atoms with Gasteiger partial charge in [0, 0.05) is 12.3 Å². The predicted octanol–water partition coefficient (Wildman–Crippen LogP) is -5.54. The summed E-state index contributed by atoms with van der Waals surface area (Å²) >= 11 is 0. The Morgan fingerprint density at radius 2 is 1.51 bits per heavy atom. The van der Waals surface area contributed by atoms with Crippen molar-refractivity contribution in [2.24, 2.45) is 16.6 Å². The van der Waals surface area contributed by atoms with Crippen LogP contribution in [0.2, 0.25) is 0 Å². The average molecular weight is 672 g/mol. The lowest BCUT2D eigenvalue weighted by atomic mass is 10.0. The number of carbonyl (C=O) groups excluding carboxylic acids is 6. The number of allylic oxidation sites excluding steroid dienone is 1. The molecule has 20 heteroatoms. The largest absolute Gasteiger partial charge is 0.480 e. The van der Waals surface area contributed by atoms with Crippen molar-refractivity contribution < 1.29 is 54.0 Å². The summed E-state index contributed by atoms with van der Waals surface area (Å²) in [4.78, 5) is 88.6. The fraction of sp³-hybridized carbons (Fsp3) is 0.630.